The van der Waals surface area contributed by atoms with Gasteiger partial charge in [-0.3, -0.25) is 4.68 Å². The summed E-state index contributed by atoms with van der Waals surface area (Å²) in [6.45, 7) is 2.49. The van der Waals surface area contributed by atoms with E-state index in [1.54, 1.807) is 36.1 Å². The van der Waals surface area contributed by atoms with E-state index in [9.17, 15) is 4.79 Å². The van der Waals surface area contributed by atoms with Gasteiger partial charge in [0, 0.05) is 17.8 Å². The minimum absolute atomic E-state index is 0.230. The molecule has 4 rings (SSSR count). The Morgan fingerprint density at radius 3 is 3.04 bits per heavy atom. The van der Waals surface area contributed by atoms with Crippen LogP contribution in [0, 0.1) is 6.92 Å². The number of fused-ring (bicyclic) bond motifs is 2. The molecule has 7 heteroatoms. The molecule has 24 heavy (non-hydrogen) atoms. The van der Waals surface area contributed by atoms with Crippen LogP contribution in [0.5, 0.6) is 0 Å². The molecule has 4 aromatic rings. The van der Waals surface area contributed by atoms with Crippen molar-refractivity contribution in [1.82, 2.24) is 24.4 Å². The molecule has 0 unspecified atom stereocenters. The van der Waals surface area contributed by atoms with Crippen LogP contribution in [-0.4, -0.2) is 37.0 Å². The maximum Gasteiger partial charge on any atom is 0.344 e. The molecule has 0 aliphatic rings. The third-order valence-corrected chi connectivity index (χ3v) is 3.86. The number of benzene rings is 1. The highest BCUT2D eigenvalue weighted by molar-refractivity contribution is 5.97. The lowest BCUT2D eigenvalue weighted by molar-refractivity contribution is 0.0490. The molecule has 3 aromatic heterocycles. The topological polar surface area (TPSA) is 74.3 Å². The van der Waals surface area contributed by atoms with E-state index in [1.807, 2.05) is 28.9 Å². The van der Waals surface area contributed by atoms with Crippen molar-refractivity contribution in [3.8, 4) is 0 Å². The van der Waals surface area contributed by atoms with Crippen LogP contribution >= 0.6 is 0 Å². The molecule has 0 radical (unpaired) electrons. The molecule has 0 aliphatic heterocycles. The van der Waals surface area contributed by atoms with E-state index in [4.69, 9.17) is 4.74 Å². The van der Waals surface area contributed by atoms with Gasteiger partial charge in [-0.25, -0.2) is 14.3 Å². The number of hydrogen-bond donors (Lipinski definition) is 0. The minimum Gasteiger partial charge on any atom is -0.460 e. The fourth-order valence-corrected chi connectivity index (χ4v) is 2.74. The van der Waals surface area contributed by atoms with Crippen molar-refractivity contribution in [2.75, 3.05) is 6.61 Å². The Bertz CT molecular complexity index is 1030. The normalized spacial score (nSPS) is 11.2. The summed E-state index contributed by atoms with van der Waals surface area (Å²) in [6, 6.07) is 9.68. The van der Waals surface area contributed by atoms with Gasteiger partial charge in [-0.1, -0.05) is 18.2 Å². The fraction of sp³-hybridized carbons (Fsp3) is 0.176. The van der Waals surface area contributed by atoms with Crippen LogP contribution in [0.25, 0.3) is 16.6 Å². The number of aromatic nitrogens is 5. The van der Waals surface area contributed by atoms with E-state index in [-0.39, 0.29) is 6.61 Å². The van der Waals surface area contributed by atoms with Gasteiger partial charge in [0.05, 0.1) is 24.0 Å². The van der Waals surface area contributed by atoms with Crippen molar-refractivity contribution < 1.29 is 9.53 Å². The van der Waals surface area contributed by atoms with Crippen molar-refractivity contribution in [2.24, 2.45) is 0 Å². The number of para-hydroxylation sites is 1. The number of nitrogens with zero attached hydrogens (tertiary/aromatic N) is 5. The summed E-state index contributed by atoms with van der Waals surface area (Å²) in [7, 11) is 0. The monoisotopic (exact) mass is 321 g/mol. The number of esters is 1. The molecule has 0 N–H and O–H groups in total. The number of ether oxygens (including phenoxy) is 1. The van der Waals surface area contributed by atoms with Gasteiger partial charge in [-0.15, -0.1) is 0 Å². The molecule has 7 nitrogen and oxygen atoms in total. The summed E-state index contributed by atoms with van der Waals surface area (Å²) in [5.74, 6) is -0.419. The summed E-state index contributed by atoms with van der Waals surface area (Å²) < 4.78 is 8.80. The van der Waals surface area contributed by atoms with Crippen LogP contribution in [-0.2, 0) is 11.3 Å². The van der Waals surface area contributed by atoms with Gasteiger partial charge in [0.25, 0.3) is 0 Å². The second-order valence-electron chi connectivity index (χ2n) is 5.41. The van der Waals surface area contributed by atoms with Crippen LogP contribution in [0.1, 0.15) is 16.1 Å². The Hall–Kier alpha value is -3.22. The Morgan fingerprint density at radius 2 is 2.12 bits per heavy atom. The molecular formula is C17H15N5O2. The van der Waals surface area contributed by atoms with Gasteiger partial charge in [-0.05, 0) is 19.1 Å². The number of carbonyl (C=O) groups is 1. The molecule has 0 fully saturated rings. The van der Waals surface area contributed by atoms with E-state index in [0.717, 1.165) is 10.9 Å². The average Bonchev–Trinajstić information content (AvgIpc) is 3.15. The summed E-state index contributed by atoms with van der Waals surface area (Å²) in [4.78, 5) is 16.6. The molecule has 0 spiro atoms. The number of carbonyl (C=O) groups excluding carboxylic acids is 1. The zero-order chi connectivity index (χ0) is 16.5. The van der Waals surface area contributed by atoms with E-state index >= 15 is 0 Å². The third-order valence-electron chi connectivity index (χ3n) is 3.86. The minimum atomic E-state index is -0.419. The van der Waals surface area contributed by atoms with Gasteiger partial charge in [-0.2, -0.15) is 10.2 Å². The van der Waals surface area contributed by atoms with Gasteiger partial charge in [0.2, 0.25) is 0 Å². The van der Waals surface area contributed by atoms with Crippen LogP contribution in [0.4, 0.5) is 0 Å². The Labute approximate surface area is 137 Å². The van der Waals surface area contributed by atoms with E-state index in [1.165, 1.54) is 0 Å². The molecule has 0 atom stereocenters. The first-order valence-electron chi connectivity index (χ1n) is 7.61. The molecular weight excluding hydrogens is 306 g/mol. The molecule has 0 aliphatic carbocycles. The van der Waals surface area contributed by atoms with E-state index in [2.05, 4.69) is 15.2 Å². The Morgan fingerprint density at radius 1 is 1.25 bits per heavy atom. The van der Waals surface area contributed by atoms with Crippen LogP contribution in [0.15, 0.2) is 48.9 Å². The number of rotatable bonds is 4. The average molecular weight is 321 g/mol. The summed E-state index contributed by atoms with van der Waals surface area (Å²) in [5.41, 5.74) is 2.52. The molecule has 0 saturated carbocycles. The van der Waals surface area contributed by atoms with Crippen molar-refractivity contribution in [2.45, 2.75) is 13.5 Å². The third kappa shape index (κ3) is 2.40. The lowest BCUT2D eigenvalue weighted by Gasteiger charge is -2.06. The predicted octanol–water partition coefficient (Wildman–Crippen LogP) is 2.24. The van der Waals surface area contributed by atoms with E-state index in [0.29, 0.717) is 23.4 Å². The summed E-state index contributed by atoms with van der Waals surface area (Å²) in [5, 5.41) is 9.65. The lowest BCUT2D eigenvalue weighted by Crippen LogP contribution is -2.13. The van der Waals surface area contributed by atoms with Gasteiger partial charge < -0.3 is 4.74 Å². The molecule has 3 heterocycles. The zero-order valence-corrected chi connectivity index (χ0v) is 13.1. The van der Waals surface area contributed by atoms with Gasteiger partial charge in [0.1, 0.15) is 12.2 Å². The second kappa shape index (κ2) is 5.77. The second-order valence-corrected chi connectivity index (χ2v) is 5.41. The van der Waals surface area contributed by atoms with Crippen LogP contribution in [0.3, 0.4) is 0 Å². The van der Waals surface area contributed by atoms with Crippen molar-refractivity contribution in [3.63, 3.8) is 0 Å². The Balaban J connectivity index is 1.49. The molecule has 0 saturated heterocycles. The van der Waals surface area contributed by atoms with Crippen molar-refractivity contribution >= 4 is 22.5 Å². The highest BCUT2D eigenvalue weighted by Crippen LogP contribution is 2.15. The first-order chi connectivity index (χ1) is 11.7. The quantitative estimate of drug-likeness (QED) is 0.539. The van der Waals surface area contributed by atoms with Crippen molar-refractivity contribution in [1.29, 1.82) is 0 Å². The summed E-state index contributed by atoms with van der Waals surface area (Å²) >= 11 is 0. The Kier molecular flexibility index (Phi) is 3.45. The van der Waals surface area contributed by atoms with Gasteiger partial charge >= 0.3 is 5.97 Å². The van der Waals surface area contributed by atoms with Crippen LogP contribution < -0.4 is 0 Å². The predicted molar refractivity (Wildman–Crippen MR) is 87.7 cm³/mol. The first kappa shape index (κ1) is 14.4. The molecule has 0 amide bonds. The lowest BCUT2D eigenvalue weighted by atomic mass is 10.2. The highest BCUT2D eigenvalue weighted by atomic mass is 16.5. The van der Waals surface area contributed by atoms with Crippen molar-refractivity contribution in [3.05, 3.63) is 60.2 Å². The first-order valence-corrected chi connectivity index (χ1v) is 7.61. The maximum atomic E-state index is 12.4. The highest BCUT2D eigenvalue weighted by Gasteiger charge is 2.19. The zero-order valence-electron chi connectivity index (χ0n) is 13.1. The molecule has 1 aromatic carbocycles. The number of hydrogen-bond acceptors (Lipinski definition) is 5. The number of aryl methyl sites for hydroxylation is 1. The van der Waals surface area contributed by atoms with Crippen LogP contribution in [0.2, 0.25) is 0 Å². The SMILES string of the molecule is Cc1nn2cccnc2c1C(=O)OCCn1ncc2ccccc21. The molecule has 0 bridgehead atoms. The largest absolute Gasteiger partial charge is 0.460 e. The maximum absolute atomic E-state index is 12.4. The smallest absolute Gasteiger partial charge is 0.344 e. The van der Waals surface area contributed by atoms with E-state index < -0.39 is 5.97 Å². The summed E-state index contributed by atoms with van der Waals surface area (Å²) in [6.07, 6.45) is 5.18. The standard InChI is InChI=1S/C17H15N5O2/c1-12-15(16-18-7-4-8-22(16)20-12)17(23)24-10-9-21-14-6-3-2-5-13(14)11-19-21/h2-8,11H,9-10H2,1H3. The molecule has 120 valence electrons. The fourth-order valence-electron chi connectivity index (χ4n) is 2.74. The van der Waals surface area contributed by atoms with Gasteiger partial charge in [0.15, 0.2) is 5.65 Å².